The van der Waals surface area contributed by atoms with E-state index in [1.54, 1.807) is 24.3 Å². The molecule has 1 fully saturated rings. The number of carbonyl (C=O) groups excluding carboxylic acids is 3. The first-order valence-electron chi connectivity index (χ1n) is 9.79. The van der Waals surface area contributed by atoms with Crippen LogP contribution < -0.4 is 4.90 Å². The van der Waals surface area contributed by atoms with Gasteiger partial charge in [-0.15, -0.1) is 0 Å². The van der Waals surface area contributed by atoms with E-state index in [0.29, 0.717) is 16.3 Å². The summed E-state index contributed by atoms with van der Waals surface area (Å²) in [6.07, 6.45) is 0. The molecule has 164 valence electrons. The molecular formula is C23H13ClFN3O5. The molecule has 10 heteroatoms. The first-order valence-corrected chi connectivity index (χ1v) is 10.2. The van der Waals surface area contributed by atoms with E-state index in [1.807, 2.05) is 0 Å². The van der Waals surface area contributed by atoms with E-state index in [-0.39, 0.29) is 11.1 Å². The second-order valence-electron chi connectivity index (χ2n) is 7.56. The molecule has 2 atom stereocenters. The molecule has 2 aliphatic rings. The number of hydrogen-bond acceptors (Lipinski definition) is 5. The third kappa shape index (κ3) is 3.08. The lowest BCUT2D eigenvalue weighted by Gasteiger charge is -2.49. The Balaban J connectivity index is 1.60. The highest BCUT2D eigenvalue weighted by molar-refractivity contribution is 6.30. The SMILES string of the molecule is O=C1c2cccc([N+](=O)[O-])c2C(=O)N1[C@@H]1C(=O)N(c2ccc(Cl)cc2)[C@H]1c1ccc(F)cc1. The van der Waals surface area contributed by atoms with Gasteiger partial charge < -0.3 is 4.90 Å². The number of nitro groups is 1. The van der Waals surface area contributed by atoms with Crippen molar-refractivity contribution in [1.82, 2.24) is 4.90 Å². The van der Waals surface area contributed by atoms with Gasteiger partial charge in [-0.25, -0.2) is 4.39 Å². The topological polar surface area (TPSA) is 101 Å². The van der Waals surface area contributed by atoms with Crippen molar-refractivity contribution in [3.05, 3.63) is 104 Å². The molecule has 0 unspecified atom stereocenters. The largest absolute Gasteiger partial charge is 0.300 e. The number of fused-ring (bicyclic) bond motifs is 1. The number of β-lactam (4-membered cyclic amide) rings is 1. The van der Waals surface area contributed by atoms with Gasteiger partial charge in [0.05, 0.1) is 16.5 Å². The van der Waals surface area contributed by atoms with E-state index >= 15 is 0 Å². The van der Waals surface area contributed by atoms with E-state index in [9.17, 15) is 28.9 Å². The third-order valence-corrected chi connectivity index (χ3v) is 6.04. The smallest absolute Gasteiger partial charge is 0.282 e. The van der Waals surface area contributed by atoms with E-state index < -0.39 is 46.2 Å². The third-order valence-electron chi connectivity index (χ3n) is 5.78. The van der Waals surface area contributed by atoms with Crippen molar-refractivity contribution >= 4 is 40.7 Å². The van der Waals surface area contributed by atoms with Crippen molar-refractivity contribution in [2.24, 2.45) is 0 Å². The summed E-state index contributed by atoms with van der Waals surface area (Å²) in [5.41, 5.74) is -0.0273. The molecule has 2 aliphatic heterocycles. The van der Waals surface area contributed by atoms with Crippen LogP contribution in [0.1, 0.15) is 32.3 Å². The van der Waals surface area contributed by atoms with Crippen LogP contribution in [0.15, 0.2) is 66.7 Å². The number of amides is 3. The molecule has 5 rings (SSSR count). The Morgan fingerprint density at radius 1 is 0.848 bits per heavy atom. The molecule has 8 nitrogen and oxygen atoms in total. The van der Waals surface area contributed by atoms with Gasteiger partial charge in [-0.1, -0.05) is 29.8 Å². The fraction of sp³-hybridized carbons (Fsp3) is 0.0870. The van der Waals surface area contributed by atoms with Crippen LogP contribution in [0.3, 0.4) is 0 Å². The van der Waals surface area contributed by atoms with Crippen LogP contribution in [0.2, 0.25) is 5.02 Å². The number of imide groups is 1. The minimum Gasteiger partial charge on any atom is -0.300 e. The first kappa shape index (κ1) is 20.8. The lowest BCUT2D eigenvalue weighted by molar-refractivity contribution is -0.385. The van der Waals surface area contributed by atoms with Crippen molar-refractivity contribution in [2.45, 2.75) is 12.1 Å². The van der Waals surface area contributed by atoms with Crippen molar-refractivity contribution < 1.29 is 23.7 Å². The van der Waals surface area contributed by atoms with Crippen LogP contribution in [-0.4, -0.2) is 33.6 Å². The number of carbonyl (C=O) groups is 3. The number of nitrogens with zero attached hydrogens (tertiary/aromatic N) is 3. The van der Waals surface area contributed by atoms with E-state index in [1.165, 1.54) is 41.3 Å². The molecule has 0 aromatic heterocycles. The number of halogens is 2. The summed E-state index contributed by atoms with van der Waals surface area (Å²) < 4.78 is 13.6. The number of benzene rings is 3. The van der Waals surface area contributed by atoms with Crippen molar-refractivity contribution in [3.8, 4) is 0 Å². The number of hydrogen-bond donors (Lipinski definition) is 0. The maximum atomic E-state index is 13.6. The summed E-state index contributed by atoms with van der Waals surface area (Å²) >= 11 is 5.95. The fourth-order valence-corrected chi connectivity index (χ4v) is 4.42. The van der Waals surface area contributed by atoms with Gasteiger partial charge in [0.15, 0.2) is 0 Å². The van der Waals surface area contributed by atoms with Gasteiger partial charge in [-0.3, -0.25) is 29.4 Å². The van der Waals surface area contributed by atoms with Gasteiger partial charge in [-0.2, -0.15) is 0 Å². The summed E-state index contributed by atoms with van der Waals surface area (Å²) in [6.45, 7) is 0. The number of anilines is 1. The average molecular weight is 466 g/mol. The van der Waals surface area contributed by atoms with Gasteiger partial charge >= 0.3 is 0 Å². The van der Waals surface area contributed by atoms with Crippen molar-refractivity contribution in [3.63, 3.8) is 0 Å². The zero-order valence-corrected chi connectivity index (χ0v) is 17.4. The Kier molecular flexibility index (Phi) is 4.71. The maximum absolute atomic E-state index is 13.6. The normalized spacial score (nSPS) is 19.5. The molecule has 3 aromatic carbocycles. The molecule has 2 heterocycles. The maximum Gasteiger partial charge on any atom is 0.282 e. The molecule has 0 N–H and O–H groups in total. The molecule has 0 bridgehead atoms. The zero-order valence-electron chi connectivity index (χ0n) is 16.6. The van der Waals surface area contributed by atoms with Crippen LogP contribution in [-0.2, 0) is 4.79 Å². The van der Waals surface area contributed by atoms with Gasteiger partial charge in [0.25, 0.3) is 23.4 Å². The van der Waals surface area contributed by atoms with Gasteiger partial charge in [0, 0.05) is 16.8 Å². The summed E-state index contributed by atoms with van der Waals surface area (Å²) in [5.74, 6) is -2.75. The van der Waals surface area contributed by atoms with Gasteiger partial charge in [-0.05, 0) is 48.0 Å². The second kappa shape index (κ2) is 7.49. The highest BCUT2D eigenvalue weighted by Gasteiger charge is 2.58. The number of rotatable bonds is 4. The number of nitro benzene ring substituents is 1. The van der Waals surface area contributed by atoms with Gasteiger partial charge in [0.2, 0.25) is 0 Å². The molecular weight excluding hydrogens is 453 g/mol. The predicted octanol–water partition coefficient (Wildman–Crippen LogP) is 4.14. The Hall–Kier alpha value is -4.11. The van der Waals surface area contributed by atoms with Crippen LogP contribution in [0.25, 0.3) is 0 Å². The predicted molar refractivity (Wildman–Crippen MR) is 115 cm³/mol. The lowest BCUT2D eigenvalue weighted by atomic mass is 9.86. The minimum atomic E-state index is -1.25. The lowest BCUT2D eigenvalue weighted by Crippen LogP contribution is -2.67. The quantitative estimate of drug-likeness (QED) is 0.249. The highest BCUT2D eigenvalue weighted by Crippen LogP contribution is 2.45. The molecule has 0 radical (unpaired) electrons. The Morgan fingerprint density at radius 2 is 1.52 bits per heavy atom. The van der Waals surface area contributed by atoms with Crippen molar-refractivity contribution in [2.75, 3.05) is 4.90 Å². The monoisotopic (exact) mass is 465 g/mol. The van der Waals surface area contributed by atoms with Gasteiger partial charge in [0.1, 0.15) is 17.4 Å². The molecule has 0 saturated carbocycles. The van der Waals surface area contributed by atoms with E-state index in [4.69, 9.17) is 11.6 Å². The Morgan fingerprint density at radius 3 is 2.15 bits per heavy atom. The second-order valence-corrected chi connectivity index (χ2v) is 8.00. The minimum absolute atomic E-state index is 0.134. The standard InChI is InChI=1S/C23H13ClFN3O5/c24-13-6-10-15(11-7-13)26-19(12-4-8-14(25)9-5-12)20(23(26)31)27-21(29)16-2-1-3-17(28(32)33)18(16)22(27)30/h1-11,19-20H/t19-,20-/m0/s1. The summed E-state index contributed by atoms with van der Waals surface area (Å²) in [5, 5.41) is 11.9. The average Bonchev–Trinajstić information content (AvgIpc) is 3.05. The molecule has 1 saturated heterocycles. The van der Waals surface area contributed by atoms with E-state index in [0.717, 1.165) is 11.0 Å². The van der Waals surface area contributed by atoms with Crippen LogP contribution >= 0.6 is 11.6 Å². The summed E-state index contributed by atoms with van der Waals surface area (Å²) in [4.78, 5) is 52.4. The molecule has 0 aliphatic carbocycles. The molecule has 3 amide bonds. The van der Waals surface area contributed by atoms with Crippen LogP contribution in [0.4, 0.5) is 15.8 Å². The van der Waals surface area contributed by atoms with Crippen LogP contribution in [0.5, 0.6) is 0 Å². The van der Waals surface area contributed by atoms with Crippen LogP contribution in [0, 0.1) is 15.9 Å². The molecule has 33 heavy (non-hydrogen) atoms. The highest BCUT2D eigenvalue weighted by atomic mass is 35.5. The summed E-state index contributed by atoms with van der Waals surface area (Å²) in [7, 11) is 0. The molecule has 0 spiro atoms. The van der Waals surface area contributed by atoms with E-state index in [2.05, 4.69) is 0 Å². The first-order chi connectivity index (χ1) is 15.8. The molecule has 3 aromatic rings. The Labute approximate surface area is 190 Å². The summed E-state index contributed by atoms with van der Waals surface area (Å²) in [6, 6.07) is 13.4. The zero-order chi connectivity index (χ0) is 23.4. The Bertz CT molecular complexity index is 1340. The fourth-order valence-electron chi connectivity index (χ4n) is 4.30. The van der Waals surface area contributed by atoms with Crippen molar-refractivity contribution in [1.29, 1.82) is 0 Å².